The lowest BCUT2D eigenvalue weighted by atomic mass is 9.93. The Kier molecular flexibility index (Phi) is 5.94. The van der Waals surface area contributed by atoms with Gasteiger partial charge in [0.2, 0.25) is 21.9 Å². The van der Waals surface area contributed by atoms with Crippen LogP contribution in [0.1, 0.15) is 38.4 Å². The zero-order valence-electron chi connectivity index (χ0n) is 19.6. The molecule has 0 saturated heterocycles. The molecule has 13 heteroatoms. The monoisotopic (exact) mass is 540 g/mol. The van der Waals surface area contributed by atoms with Gasteiger partial charge in [0.15, 0.2) is 5.78 Å². The number of carbonyl (C=O) groups is 3. The number of sulfonamides is 1. The fourth-order valence-corrected chi connectivity index (χ4v) is 4.89. The number of nitrogens with two attached hydrogens (primary N) is 1. The van der Waals surface area contributed by atoms with Gasteiger partial charge in [-0.25, -0.2) is 22.5 Å². The maximum absolute atomic E-state index is 15.1. The SMILES string of the molecule is CS(=O)(=O)NC(=O)c1c(C2=CC=CCC2=O)c2c3occc3c(F)cc2n1Cc1cc(C(N)=O)cnc1F. The lowest BCUT2D eigenvalue weighted by Gasteiger charge is -2.14. The number of furan rings is 1. The van der Waals surface area contributed by atoms with E-state index in [9.17, 15) is 27.2 Å². The van der Waals surface area contributed by atoms with Gasteiger partial charge in [-0.2, -0.15) is 4.39 Å². The number of halogens is 2. The Bertz CT molecular complexity index is 1870. The van der Waals surface area contributed by atoms with Crippen LogP contribution < -0.4 is 10.5 Å². The molecule has 3 N–H and O–H groups in total. The van der Waals surface area contributed by atoms with E-state index in [-0.39, 0.29) is 56.3 Å². The zero-order chi connectivity index (χ0) is 27.4. The smallest absolute Gasteiger partial charge is 0.282 e. The molecule has 3 aromatic heterocycles. The third kappa shape index (κ3) is 4.26. The van der Waals surface area contributed by atoms with Gasteiger partial charge in [0.05, 0.1) is 40.9 Å². The predicted molar refractivity (Wildman–Crippen MR) is 133 cm³/mol. The molecule has 38 heavy (non-hydrogen) atoms. The molecule has 1 aliphatic rings. The number of amides is 2. The minimum absolute atomic E-state index is 0.00473. The van der Waals surface area contributed by atoms with E-state index in [0.29, 0.717) is 0 Å². The first-order valence-corrected chi connectivity index (χ1v) is 12.9. The van der Waals surface area contributed by atoms with E-state index in [0.717, 1.165) is 29.2 Å². The highest BCUT2D eigenvalue weighted by molar-refractivity contribution is 7.89. The standard InChI is InChI=1S/C25H18F2N4O6S/c1-38(35,36)30-25(34)21-19(15-4-2-3-5-18(15)32)20-17(9-16(26)14-6-7-37-22(14)20)31(21)11-13-8-12(24(28)33)10-29-23(13)27/h2-4,6-10H,5,11H2,1H3,(H2,28,33)(H,30,34). The summed E-state index contributed by atoms with van der Waals surface area (Å²) in [6.07, 6.45) is 7.53. The van der Waals surface area contributed by atoms with Crippen molar-refractivity contribution in [1.29, 1.82) is 0 Å². The maximum Gasteiger partial charge on any atom is 0.282 e. The Morgan fingerprint density at radius 2 is 2.03 bits per heavy atom. The number of primary amides is 1. The zero-order valence-corrected chi connectivity index (χ0v) is 20.4. The molecule has 0 radical (unpaired) electrons. The lowest BCUT2D eigenvalue weighted by molar-refractivity contribution is -0.113. The first-order chi connectivity index (χ1) is 18.0. The average molecular weight is 541 g/mol. The number of nitrogens with zero attached hydrogens (tertiary/aromatic N) is 2. The number of benzene rings is 1. The highest BCUT2D eigenvalue weighted by Gasteiger charge is 2.32. The molecular weight excluding hydrogens is 522 g/mol. The van der Waals surface area contributed by atoms with Crippen LogP contribution in [0.5, 0.6) is 0 Å². The summed E-state index contributed by atoms with van der Waals surface area (Å²) < 4.78 is 62.5. The van der Waals surface area contributed by atoms with Crippen molar-refractivity contribution in [1.82, 2.24) is 14.3 Å². The number of pyridine rings is 1. The molecule has 0 spiro atoms. The molecule has 1 aliphatic carbocycles. The van der Waals surface area contributed by atoms with Gasteiger partial charge in [0, 0.05) is 29.3 Å². The third-order valence-corrected chi connectivity index (χ3v) is 6.56. The number of carbonyl (C=O) groups excluding carboxylic acids is 3. The van der Waals surface area contributed by atoms with Crippen molar-refractivity contribution in [2.24, 2.45) is 5.73 Å². The predicted octanol–water partition coefficient (Wildman–Crippen LogP) is 2.81. The average Bonchev–Trinajstić information content (AvgIpc) is 3.43. The summed E-state index contributed by atoms with van der Waals surface area (Å²) in [5.41, 5.74) is 4.62. The largest absolute Gasteiger partial charge is 0.463 e. The second-order valence-electron chi connectivity index (χ2n) is 8.60. The van der Waals surface area contributed by atoms with Gasteiger partial charge < -0.3 is 14.7 Å². The Morgan fingerprint density at radius 1 is 1.26 bits per heavy atom. The van der Waals surface area contributed by atoms with Gasteiger partial charge in [-0.3, -0.25) is 14.4 Å². The van der Waals surface area contributed by atoms with Crippen LogP contribution in [0.2, 0.25) is 0 Å². The summed E-state index contributed by atoms with van der Waals surface area (Å²) in [6, 6.07) is 3.54. The van der Waals surface area contributed by atoms with Gasteiger partial charge in [0.25, 0.3) is 5.91 Å². The number of allylic oxidation sites excluding steroid dienone is 4. The highest BCUT2D eigenvalue weighted by Crippen LogP contribution is 2.40. The van der Waals surface area contributed by atoms with Crippen molar-refractivity contribution in [3.8, 4) is 0 Å². The van der Waals surface area contributed by atoms with Crippen molar-refractivity contribution in [2.75, 3.05) is 6.26 Å². The first kappa shape index (κ1) is 25.0. The summed E-state index contributed by atoms with van der Waals surface area (Å²) in [5, 5.41) is 0.188. The van der Waals surface area contributed by atoms with Crippen LogP contribution in [0, 0.1) is 11.8 Å². The van der Waals surface area contributed by atoms with E-state index in [1.807, 2.05) is 4.72 Å². The van der Waals surface area contributed by atoms with E-state index >= 15 is 4.39 Å². The highest BCUT2D eigenvalue weighted by atomic mass is 32.2. The number of fused-ring (bicyclic) bond motifs is 3. The fourth-order valence-electron chi connectivity index (χ4n) is 4.46. The second kappa shape index (κ2) is 9.03. The number of nitrogens with one attached hydrogen (secondary N) is 1. The molecule has 10 nitrogen and oxygen atoms in total. The van der Waals surface area contributed by atoms with Crippen LogP contribution in [0.25, 0.3) is 27.4 Å². The normalized spacial score (nSPS) is 13.8. The van der Waals surface area contributed by atoms with Crippen LogP contribution >= 0.6 is 0 Å². The summed E-state index contributed by atoms with van der Waals surface area (Å²) in [4.78, 5) is 41.6. The molecule has 4 aromatic rings. The molecule has 0 atom stereocenters. The maximum atomic E-state index is 15.1. The number of hydrogen-bond acceptors (Lipinski definition) is 7. The number of aromatic nitrogens is 2. The van der Waals surface area contributed by atoms with Crippen LogP contribution in [0.15, 0.2) is 53.3 Å². The Morgan fingerprint density at radius 3 is 2.71 bits per heavy atom. The van der Waals surface area contributed by atoms with Crippen molar-refractivity contribution in [2.45, 2.75) is 13.0 Å². The summed E-state index contributed by atoms with van der Waals surface area (Å²) in [7, 11) is -4.10. The molecule has 194 valence electrons. The van der Waals surface area contributed by atoms with Gasteiger partial charge >= 0.3 is 0 Å². The molecule has 0 saturated carbocycles. The molecule has 0 fully saturated rings. The van der Waals surface area contributed by atoms with Crippen molar-refractivity contribution < 1.29 is 36.0 Å². The molecule has 0 aliphatic heterocycles. The molecule has 2 amide bonds. The number of hydrogen-bond donors (Lipinski definition) is 2. The van der Waals surface area contributed by atoms with Crippen LogP contribution in [0.4, 0.5) is 8.78 Å². The molecule has 3 heterocycles. The number of rotatable bonds is 6. The lowest BCUT2D eigenvalue weighted by Crippen LogP contribution is -2.32. The minimum Gasteiger partial charge on any atom is -0.463 e. The van der Waals surface area contributed by atoms with Crippen LogP contribution in [0.3, 0.4) is 0 Å². The van der Waals surface area contributed by atoms with Crippen LogP contribution in [-0.4, -0.2) is 41.8 Å². The molecule has 5 rings (SSSR count). The Hall–Kier alpha value is -4.65. The molecule has 1 aromatic carbocycles. The van der Waals surface area contributed by atoms with Crippen LogP contribution in [-0.2, 0) is 21.4 Å². The molecule has 0 unspecified atom stereocenters. The van der Waals surface area contributed by atoms with E-state index in [1.54, 1.807) is 12.2 Å². The van der Waals surface area contributed by atoms with E-state index in [1.165, 1.54) is 18.4 Å². The van der Waals surface area contributed by atoms with E-state index in [2.05, 4.69) is 4.98 Å². The Balaban J connectivity index is 1.92. The quantitative estimate of drug-likeness (QED) is 0.357. The van der Waals surface area contributed by atoms with Gasteiger partial charge in [-0.1, -0.05) is 18.2 Å². The molecule has 0 bridgehead atoms. The second-order valence-corrected chi connectivity index (χ2v) is 10.4. The topological polar surface area (TPSA) is 154 Å². The summed E-state index contributed by atoms with van der Waals surface area (Å²) in [5.74, 6) is -4.19. The molecular formula is C25H18F2N4O6S. The van der Waals surface area contributed by atoms with Crippen molar-refractivity contribution in [3.63, 3.8) is 0 Å². The van der Waals surface area contributed by atoms with E-state index in [4.69, 9.17) is 10.2 Å². The summed E-state index contributed by atoms with van der Waals surface area (Å²) >= 11 is 0. The van der Waals surface area contributed by atoms with Gasteiger partial charge in [-0.05, 0) is 18.2 Å². The van der Waals surface area contributed by atoms with Crippen molar-refractivity contribution in [3.05, 3.63) is 83.0 Å². The number of ketones is 1. The van der Waals surface area contributed by atoms with E-state index < -0.39 is 45.9 Å². The van der Waals surface area contributed by atoms with Gasteiger partial charge in [-0.15, -0.1) is 0 Å². The third-order valence-electron chi connectivity index (χ3n) is 6.01. The first-order valence-electron chi connectivity index (χ1n) is 11.0. The van der Waals surface area contributed by atoms with Gasteiger partial charge in [0.1, 0.15) is 17.1 Å². The fraction of sp³-hybridized carbons (Fsp3) is 0.120. The Labute approximate surface area is 213 Å². The minimum atomic E-state index is -4.10. The van der Waals surface area contributed by atoms with Crippen molar-refractivity contribution >= 4 is 55.1 Å². The number of Topliss-reactive ketones (excluding diaryl/α,β-unsaturated/α-hetero) is 1. The summed E-state index contributed by atoms with van der Waals surface area (Å²) in [6.45, 7) is -0.508.